The zero-order valence-corrected chi connectivity index (χ0v) is 11.6. The number of hydrogen-bond donors (Lipinski definition) is 1. The van der Waals surface area contributed by atoms with E-state index in [2.05, 4.69) is 22.9 Å². The SMILES string of the molecule is CCN(Cc1ccncc1)c1ccc(CN)cc1C#N. The fourth-order valence-electron chi connectivity index (χ4n) is 2.15. The van der Waals surface area contributed by atoms with Crippen molar-refractivity contribution in [2.24, 2.45) is 5.73 Å². The van der Waals surface area contributed by atoms with Crippen LogP contribution in [0, 0.1) is 11.3 Å². The number of benzene rings is 1. The summed E-state index contributed by atoms with van der Waals surface area (Å²) in [6, 6.07) is 12.1. The molecule has 4 heteroatoms. The molecule has 1 aromatic carbocycles. The maximum Gasteiger partial charge on any atom is 0.101 e. The van der Waals surface area contributed by atoms with Crippen molar-refractivity contribution in [3.63, 3.8) is 0 Å². The molecule has 1 heterocycles. The molecule has 102 valence electrons. The van der Waals surface area contributed by atoms with Gasteiger partial charge in [0.1, 0.15) is 6.07 Å². The number of pyridine rings is 1. The van der Waals surface area contributed by atoms with Crippen molar-refractivity contribution < 1.29 is 0 Å². The first-order valence-electron chi connectivity index (χ1n) is 6.65. The van der Waals surface area contributed by atoms with Crippen molar-refractivity contribution in [3.05, 3.63) is 59.4 Å². The van der Waals surface area contributed by atoms with Crippen LogP contribution in [0.4, 0.5) is 5.69 Å². The third-order valence-electron chi connectivity index (χ3n) is 3.26. The van der Waals surface area contributed by atoms with Gasteiger partial charge in [0.25, 0.3) is 0 Å². The Morgan fingerprint density at radius 2 is 1.95 bits per heavy atom. The topological polar surface area (TPSA) is 65.9 Å². The van der Waals surface area contributed by atoms with E-state index in [1.807, 2.05) is 30.3 Å². The molecule has 0 amide bonds. The maximum absolute atomic E-state index is 9.32. The molecule has 2 rings (SSSR count). The molecule has 0 saturated heterocycles. The molecule has 0 saturated carbocycles. The van der Waals surface area contributed by atoms with Gasteiger partial charge in [-0.25, -0.2) is 0 Å². The molecular formula is C16H18N4. The van der Waals surface area contributed by atoms with Crippen LogP contribution in [0.2, 0.25) is 0 Å². The summed E-state index contributed by atoms with van der Waals surface area (Å²) in [7, 11) is 0. The summed E-state index contributed by atoms with van der Waals surface area (Å²) >= 11 is 0. The molecule has 0 aliphatic heterocycles. The molecule has 0 spiro atoms. The molecule has 4 nitrogen and oxygen atoms in total. The van der Waals surface area contributed by atoms with Crippen LogP contribution in [0.5, 0.6) is 0 Å². The van der Waals surface area contributed by atoms with E-state index in [1.165, 1.54) is 5.56 Å². The standard InChI is InChI=1S/C16H18N4/c1-2-20(12-13-5-7-19-8-6-13)16-4-3-14(10-17)9-15(16)11-18/h3-9H,2,10,12,17H2,1H3. The summed E-state index contributed by atoms with van der Waals surface area (Å²) in [5.41, 5.74) is 9.40. The van der Waals surface area contributed by atoms with Crippen molar-refractivity contribution in [1.82, 2.24) is 4.98 Å². The van der Waals surface area contributed by atoms with Gasteiger partial charge in [0.05, 0.1) is 11.3 Å². The van der Waals surface area contributed by atoms with E-state index in [4.69, 9.17) is 5.73 Å². The molecule has 20 heavy (non-hydrogen) atoms. The van der Waals surface area contributed by atoms with E-state index in [0.717, 1.165) is 24.3 Å². The molecule has 2 N–H and O–H groups in total. The summed E-state index contributed by atoms with van der Waals surface area (Å²) in [4.78, 5) is 6.20. The largest absolute Gasteiger partial charge is 0.366 e. The highest BCUT2D eigenvalue weighted by Crippen LogP contribution is 2.23. The lowest BCUT2D eigenvalue weighted by Crippen LogP contribution is -2.23. The summed E-state index contributed by atoms with van der Waals surface area (Å²) in [6.07, 6.45) is 3.57. The average molecular weight is 266 g/mol. The van der Waals surface area contributed by atoms with Crippen molar-refractivity contribution >= 4 is 5.69 Å². The van der Waals surface area contributed by atoms with Gasteiger partial charge < -0.3 is 10.6 Å². The van der Waals surface area contributed by atoms with Gasteiger partial charge in [0.2, 0.25) is 0 Å². The van der Waals surface area contributed by atoms with Crippen molar-refractivity contribution in [1.29, 1.82) is 5.26 Å². The molecular weight excluding hydrogens is 248 g/mol. The Labute approximate surface area is 119 Å². The Morgan fingerprint density at radius 3 is 2.55 bits per heavy atom. The van der Waals surface area contributed by atoms with E-state index in [9.17, 15) is 5.26 Å². The lowest BCUT2D eigenvalue weighted by atomic mass is 10.1. The van der Waals surface area contributed by atoms with Crippen LogP contribution >= 0.6 is 0 Å². The van der Waals surface area contributed by atoms with Gasteiger partial charge in [-0.05, 0) is 42.3 Å². The summed E-state index contributed by atoms with van der Waals surface area (Å²) < 4.78 is 0. The predicted octanol–water partition coefficient (Wildman–Crippen LogP) is 2.44. The molecule has 0 bridgehead atoms. The smallest absolute Gasteiger partial charge is 0.101 e. The first-order valence-corrected chi connectivity index (χ1v) is 6.65. The van der Waals surface area contributed by atoms with E-state index < -0.39 is 0 Å². The van der Waals surface area contributed by atoms with Crippen LogP contribution in [0.1, 0.15) is 23.6 Å². The Morgan fingerprint density at radius 1 is 1.20 bits per heavy atom. The number of nitrogens with zero attached hydrogens (tertiary/aromatic N) is 3. The minimum atomic E-state index is 0.450. The van der Waals surface area contributed by atoms with Gasteiger partial charge in [-0.1, -0.05) is 6.07 Å². The van der Waals surface area contributed by atoms with Gasteiger partial charge >= 0.3 is 0 Å². The zero-order valence-electron chi connectivity index (χ0n) is 11.6. The number of anilines is 1. The zero-order chi connectivity index (χ0) is 14.4. The highest BCUT2D eigenvalue weighted by molar-refractivity contribution is 5.60. The maximum atomic E-state index is 9.32. The summed E-state index contributed by atoms with van der Waals surface area (Å²) in [6.45, 7) is 4.12. The minimum absolute atomic E-state index is 0.450. The van der Waals surface area contributed by atoms with Gasteiger partial charge in [0.15, 0.2) is 0 Å². The number of nitriles is 1. The number of hydrogen-bond acceptors (Lipinski definition) is 4. The van der Waals surface area contributed by atoms with Crippen molar-refractivity contribution in [3.8, 4) is 6.07 Å². The summed E-state index contributed by atoms with van der Waals surface area (Å²) in [5.74, 6) is 0. The third kappa shape index (κ3) is 3.14. The lowest BCUT2D eigenvalue weighted by Gasteiger charge is -2.24. The van der Waals surface area contributed by atoms with Gasteiger partial charge in [-0.15, -0.1) is 0 Å². The van der Waals surface area contributed by atoms with Crippen LogP contribution in [-0.2, 0) is 13.1 Å². The van der Waals surface area contributed by atoms with E-state index in [1.54, 1.807) is 12.4 Å². The number of aromatic nitrogens is 1. The second kappa shape index (κ2) is 6.69. The Balaban J connectivity index is 2.30. The first-order chi connectivity index (χ1) is 9.78. The van der Waals surface area contributed by atoms with Gasteiger partial charge in [0, 0.05) is 32.0 Å². The molecule has 0 fully saturated rings. The Hall–Kier alpha value is -2.38. The summed E-state index contributed by atoms with van der Waals surface area (Å²) in [5, 5.41) is 9.32. The normalized spacial score (nSPS) is 10.1. The predicted molar refractivity (Wildman–Crippen MR) is 80.0 cm³/mol. The molecule has 0 aliphatic rings. The van der Waals surface area contributed by atoms with E-state index in [-0.39, 0.29) is 0 Å². The lowest BCUT2D eigenvalue weighted by molar-refractivity contribution is 0.828. The van der Waals surface area contributed by atoms with E-state index >= 15 is 0 Å². The van der Waals surface area contributed by atoms with Crippen LogP contribution in [0.25, 0.3) is 0 Å². The quantitative estimate of drug-likeness (QED) is 0.902. The first kappa shape index (κ1) is 14.0. The molecule has 0 aliphatic carbocycles. The average Bonchev–Trinajstić information content (AvgIpc) is 2.53. The Bertz CT molecular complexity index is 602. The van der Waals surface area contributed by atoms with Gasteiger partial charge in [-0.2, -0.15) is 5.26 Å². The molecule has 2 aromatic rings. The highest BCUT2D eigenvalue weighted by atomic mass is 15.1. The minimum Gasteiger partial charge on any atom is -0.366 e. The van der Waals surface area contributed by atoms with Gasteiger partial charge in [-0.3, -0.25) is 4.98 Å². The fraction of sp³-hybridized carbons (Fsp3) is 0.250. The van der Waals surface area contributed by atoms with Crippen molar-refractivity contribution in [2.45, 2.75) is 20.0 Å². The van der Waals surface area contributed by atoms with Crippen LogP contribution in [0.15, 0.2) is 42.7 Å². The van der Waals surface area contributed by atoms with Crippen LogP contribution < -0.4 is 10.6 Å². The molecule has 0 unspecified atom stereocenters. The van der Waals surface area contributed by atoms with Crippen LogP contribution in [-0.4, -0.2) is 11.5 Å². The second-order valence-electron chi connectivity index (χ2n) is 4.54. The molecule has 0 atom stereocenters. The molecule has 0 radical (unpaired) electrons. The number of nitrogens with two attached hydrogens (primary N) is 1. The molecule has 1 aromatic heterocycles. The Kier molecular flexibility index (Phi) is 4.70. The number of rotatable bonds is 5. The monoisotopic (exact) mass is 266 g/mol. The third-order valence-corrected chi connectivity index (χ3v) is 3.26. The second-order valence-corrected chi connectivity index (χ2v) is 4.54. The van der Waals surface area contributed by atoms with Crippen LogP contribution in [0.3, 0.4) is 0 Å². The fourth-order valence-corrected chi connectivity index (χ4v) is 2.15. The van der Waals surface area contributed by atoms with Crippen molar-refractivity contribution in [2.75, 3.05) is 11.4 Å². The van der Waals surface area contributed by atoms with E-state index in [0.29, 0.717) is 12.1 Å². The highest BCUT2D eigenvalue weighted by Gasteiger charge is 2.11.